The Hall–Kier alpha value is -1.06. The summed E-state index contributed by atoms with van der Waals surface area (Å²) in [4.78, 5) is 11.5. The zero-order valence-electron chi connectivity index (χ0n) is 8.42. The Balaban J connectivity index is 2.36. The number of rotatable bonds is 1. The highest BCUT2D eigenvalue weighted by molar-refractivity contribution is 6.30. The van der Waals surface area contributed by atoms with Crippen LogP contribution in [0.25, 0.3) is 0 Å². The number of anilines is 1. The molecule has 1 amide bonds. The Bertz CT molecular complexity index is 392. The van der Waals surface area contributed by atoms with Gasteiger partial charge in [0, 0.05) is 24.2 Å². The second kappa shape index (κ2) is 4.21. The van der Waals surface area contributed by atoms with E-state index in [4.69, 9.17) is 16.3 Å². The molecule has 0 spiro atoms. The highest BCUT2D eigenvalue weighted by Crippen LogP contribution is 2.26. The molecule has 0 bridgehead atoms. The minimum absolute atomic E-state index is 0.0112. The van der Waals surface area contributed by atoms with Gasteiger partial charge in [-0.2, -0.15) is 0 Å². The fourth-order valence-electron chi connectivity index (χ4n) is 1.75. The van der Waals surface area contributed by atoms with E-state index in [1.54, 1.807) is 13.2 Å². The van der Waals surface area contributed by atoms with Gasteiger partial charge in [-0.05, 0) is 23.8 Å². The number of halogens is 1. The molecule has 1 aliphatic rings. The van der Waals surface area contributed by atoms with Crippen molar-refractivity contribution < 1.29 is 9.53 Å². The summed E-state index contributed by atoms with van der Waals surface area (Å²) in [6.45, 7) is 0. The molecule has 4 heteroatoms. The maximum absolute atomic E-state index is 11.5. The van der Waals surface area contributed by atoms with Crippen LogP contribution in [0.15, 0.2) is 18.2 Å². The van der Waals surface area contributed by atoms with Crippen LogP contribution in [-0.2, 0) is 16.0 Å². The maximum Gasteiger partial charge on any atom is 0.227 e. The van der Waals surface area contributed by atoms with Crippen LogP contribution in [0.4, 0.5) is 5.69 Å². The lowest BCUT2D eigenvalue weighted by atomic mass is 10.1. The van der Waals surface area contributed by atoms with E-state index in [0.29, 0.717) is 17.9 Å². The molecule has 3 nitrogen and oxygen atoms in total. The first-order chi connectivity index (χ1) is 7.19. The molecule has 1 aromatic carbocycles. The van der Waals surface area contributed by atoms with E-state index in [0.717, 1.165) is 11.3 Å². The summed E-state index contributed by atoms with van der Waals surface area (Å²) in [5.41, 5.74) is 1.86. The zero-order valence-corrected chi connectivity index (χ0v) is 9.17. The van der Waals surface area contributed by atoms with Crippen LogP contribution in [0.5, 0.6) is 0 Å². The first-order valence-corrected chi connectivity index (χ1v) is 5.18. The van der Waals surface area contributed by atoms with Gasteiger partial charge in [-0.3, -0.25) is 4.79 Å². The summed E-state index contributed by atoms with van der Waals surface area (Å²) < 4.78 is 5.23. The van der Waals surface area contributed by atoms with Crippen molar-refractivity contribution in [3.63, 3.8) is 0 Å². The molecule has 15 heavy (non-hydrogen) atoms. The molecule has 2 rings (SSSR count). The Morgan fingerprint density at radius 2 is 2.27 bits per heavy atom. The Morgan fingerprint density at radius 1 is 1.47 bits per heavy atom. The predicted octanol–water partition coefficient (Wildman–Crippen LogP) is 2.24. The van der Waals surface area contributed by atoms with Crippen molar-refractivity contribution in [2.24, 2.45) is 0 Å². The molecule has 1 N–H and O–H groups in total. The van der Waals surface area contributed by atoms with Crippen molar-refractivity contribution in [3.8, 4) is 0 Å². The number of fused-ring (bicyclic) bond motifs is 1. The fraction of sp³-hybridized carbons (Fsp3) is 0.364. The number of benzene rings is 1. The van der Waals surface area contributed by atoms with E-state index in [1.165, 1.54) is 0 Å². The monoisotopic (exact) mass is 225 g/mol. The van der Waals surface area contributed by atoms with E-state index in [1.807, 2.05) is 12.1 Å². The summed E-state index contributed by atoms with van der Waals surface area (Å²) in [5, 5.41) is 3.52. The lowest BCUT2D eigenvalue weighted by Gasteiger charge is -2.10. The molecule has 1 aliphatic heterocycles. The highest BCUT2D eigenvalue weighted by atomic mass is 35.5. The zero-order chi connectivity index (χ0) is 10.8. The molecular weight excluding hydrogens is 214 g/mol. The number of hydrogen-bond acceptors (Lipinski definition) is 2. The summed E-state index contributed by atoms with van der Waals surface area (Å²) >= 11 is 5.90. The molecule has 0 radical (unpaired) electrons. The van der Waals surface area contributed by atoms with Crippen LogP contribution in [0.2, 0.25) is 5.02 Å². The summed E-state index contributed by atoms with van der Waals surface area (Å²) in [7, 11) is 1.62. The molecule has 0 saturated carbocycles. The normalized spacial score (nSPS) is 20.4. The molecule has 0 fully saturated rings. The van der Waals surface area contributed by atoms with Crippen LogP contribution in [0.3, 0.4) is 0 Å². The fourth-order valence-corrected chi connectivity index (χ4v) is 1.94. The van der Waals surface area contributed by atoms with E-state index in [2.05, 4.69) is 5.32 Å². The molecule has 0 saturated heterocycles. The Labute approximate surface area is 93.4 Å². The van der Waals surface area contributed by atoms with Gasteiger partial charge in [0.25, 0.3) is 0 Å². The molecule has 1 heterocycles. The second-order valence-electron chi connectivity index (χ2n) is 3.62. The number of amides is 1. The Morgan fingerprint density at radius 3 is 3.00 bits per heavy atom. The van der Waals surface area contributed by atoms with Crippen molar-refractivity contribution >= 4 is 23.2 Å². The first-order valence-electron chi connectivity index (χ1n) is 4.80. The third-order valence-electron chi connectivity index (χ3n) is 2.54. The third kappa shape index (κ3) is 2.30. The minimum atomic E-state index is -0.0651. The first kappa shape index (κ1) is 10.5. The van der Waals surface area contributed by atoms with Gasteiger partial charge in [-0.15, -0.1) is 0 Å². The van der Waals surface area contributed by atoms with Gasteiger partial charge in [0.1, 0.15) is 0 Å². The lowest BCUT2D eigenvalue weighted by molar-refractivity contribution is -0.118. The van der Waals surface area contributed by atoms with Gasteiger partial charge in [0.2, 0.25) is 5.91 Å². The Kier molecular flexibility index (Phi) is 2.93. The summed E-state index contributed by atoms with van der Waals surface area (Å²) in [5.74, 6) is -0.0112. The second-order valence-corrected chi connectivity index (χ2v) is 4.05. The third-order valence-corrected chi connectivity index (χ3v) is 2.77. The van der Waals surface area contributed by atoms with Crippen LogP contribution < -0.4 is 5.32 Å². The lowest BCUT2D eigenvalue weighted by Crippen LogP contribution is -2.19. The highest BCUT2D eigenvalue weighted by Gasteiger charge is 2.20. The van der Waals surface area contributed by atoms with E-state index in [-0.39, 0.29) is 12.0 Å². The number of methoxy groups -OCH3 is 1. The van der Waals surface area contributed by atoms with Gasteiger partial charge >= 0.3 is 0 Å². The summed E-state index contributed by atoms with van der Waals surface area (Å²) in [6.07, 6.45) is 1.04. The van der Waals surface area contributed by atoms with Crippen LogP contribution in [0.1, 0.15) is 12.0 Å². The predicted molar refractivity (Wildman–Crippen MR) is 59.2 cm³/mol. The van der Waals surface area contributed by atoms with Gasteiger partial charge in [-0.25, -0.2) is 0 Å². The number of nitrogens with one attached hydrogen (secondary N) is 1. The van der Waals surface area contributed by atoms with Gasteiger partial charge in [0.15, 0.2) is 0 Å². The van der Waals surface area contributed by atoms with Crippen LogP contribution >= 0.6 is 11.6 Å². The van der Waals surface area contributed by atoms with Crippen LogP contribution in [-0.4, -0.2) is 19.1 Å². The molecule has 1 unspecified atom stereocenters. The van der Waals surface area contributed by atoms with Gasteiger partial charge in [-0.1, -0.05) is 11.6 Å². The number of carbonyl (C=O) groups excluding carboxylic acids is 1. The average molecular weight is 226 g/mol. The van der Waals surface area contributed by atoms with Crippen molar-refractivity contribution in [2.45, 2.75) is 18.9 Å². The summed E-state index contributed by atoms with van der Waals surface area (Å²) in [6, 6.07) is 5.47. The molecule has 80 valence electrons. The quantitative estimate of drug-likeness (QED) is 0.796. The smallest absolute Gasteiger partial charge is 0.227 e. The largest absolute Gasteiger partial charge is 0.381 e. The minimum Gasteiger partial charge on any atom is -0.381 e. The van der Waals surface area contributed by atoms with E-state index < -0.39 is 0 Å². The standard InChI is InChI=1S/C11H12ClNO2/c1-15-9-5-7-4-8(12)2-3-10(7)13-11(14)6-9/h2-4,9H,5-6H2,1H3,(H,13,14). The maximum atomic E-state index is 11.5. The van der Waals surface area contributed by atoms with Crippen LogP contribution in [0, 0.1) is 0 Å². The van der Waals surface area contributed by atoms with Gasteiger partial charge < -0.3 is 10.1 Å². The van der Waals surface area contributed by atoms with Crippen molar-refractivity contribution in [3.05, 3.63) is 28.8 Å². The van der Waals surface area contributed by atoms with Gasteiger partial charge in [0.05, 0.1) is 12.5 Å². The van der Waals surface area contributed by atoms with Crippen molar-refractivity contribution in [1.29, 1.82) is 0 Å². The SMILES string of the molecule is COC1CC(=O)Nc2ccc(Cl)cc2C1. The number of ether oxygens (including phenoxy) is 1. The molecule has 1 aromatic rings. The molecule has 0 aromatic heterocycles. The topological polar surface area (TPSA) is 38.3 Å². The molecular formula is C11H12ClNO2. The molecule has 0 aliphatic carbocycles. The van der Waals surface area contributed by atoms with E-state index in [9.17, 15) is 4.79 Å². The van der Waals surface area contributed by atoms with Crippen molar-refractivity contribution in [2.75, 3.05) is 12.4 Å². The average Bonchev–Trinajstić information content (AvgIpc) is 2.35. The van der Waals surface area contributed by atoms with Crippen molar-refractivity contribution in [1.82, 2.24) is 0 Å². The molecule has 1 atom stereocenters. The number of carbonyl (C=O) groups is 1. The number of hydrogen-bond donors (Lipinski definition) is 1. The van der Waals surface area contributed by atoms with E-state index >= 15 is 0 Å².